The van der Waals surface area contributed by atoms with E-state index >= 15 is 0 Å². The van der Waals surface area contributed by atoms with Gasteiger partial charge >= 0.3 is 11.9 Å². The van der Waals surface area contributed by atoms with Gasteiger partial charge in [-0.05, 0) is 38.1 Å². The molecule has 2 rings (SSSR count). The van der Waals surface area contributed by atoms with Gasteiger partial charge in [0.2, 0.25) is 11.4 Å². The minimum Gasteiger partial charge on any atom is -0.508 e. The van der Waals surface area contributed by atoms with Crippen LogP contribution < -0.4 is 4.90 Å². The Bertz CT molecular complexity index is 592. The summed E-state index contributed by atoms with van der Waals surface area (Å²) in [6.45, 7) is 3.41. The predicted molar refractivity (Wildman–Crippen MR) is 80.8 cm³/mol. The van der Waals surface area contributed by atoms with Crippen molar-refractivity contribution in [2.24, 2.45) is 0 Å². The molecule has 23 heavy (non-hydrogen) atoms. The number of hydrogen-bond donors (Lipinski definition) is 1. The number of phenolic OH excluding ortho intramolecular Hbond substituents is 1. The fourth-order valence-electron chi connectivity index (χ4n) is 2.66. The van der Waals surface area contributed by atoms with Crippen LogP contribution in [0, 0.1) is 0 Å². The Morgan fingerprint density at radius 1 is 1.13 bits per heavy atom. The third-order valence-corrected chi connectivity index (χ3v) is 3.67. The lowest BCUT2D eigenvalue weighted by Crippen LogP contribution is -2.59. The summed E-state index contributed by atoms with van der Waals surface area (Å²) in [4.78, 5) is 38.5. The average Bonchev–Trinajstić information content (AvgIpc) is 2.87. The molecule has 1 N–H and O–H groups in total. The lowest BCUT2D eigenvalue weighted by molar-refractivity contribution is -0.164. The van der Waals surface area contributed by atoms with Crippen LogP contribution in [0.1, 0.15) is 26.7 Å². The van der Waals surface area contributed by atoms with Gasteiger partial charge < -0.3 is 14.6 Å². The van der Waals surface area contributed by atoms with Crippen LogP contribution in [-0.2, 0) is 23.9 Å². The SMILES string of the molecule is CCOC(=O)C1(C(=O)OCC)CCC(=O)N1c1ccc(O)cc1. The topological polar surface area (TPSA) is 93.1 Å². The molecule has 1 aliphatic heterocycles. The standard InChI is InChI=1S/C16H19NO6/c1-3-22-14(20)16(15(21)23-4-2)10-9-13(19)17(16)11-5-7-12(18)8-6-11/h5-8,18H,3-4,9-10H2,1-2H3. The smallest absolute Gasteiger partial charge is 0.344 e. The maximum atomic E-state index is 12.5. The molecule has 0 spiro atoms. The largest absolute Gasteiger partial charge is 0.508 e. The van der Waals surface area contributed by atoms with Crippen molar-refractivity contribution in [3.05, 3.63) is 24.3 Å². The summed E-state index contributed by atoms with van der Waals surface area (Å²) < 4.78 is 10.1. The highest BCUT2D eigenvalue weighted by Crippen LogP contribution is 2.38. The summed E-state index contributed by atoms with van der Waals surface area (Å²) in [5, 5.41) is 9.40. The van der Waals surface area contributed by atoms with Gasteiger partial charge in [-0.1, -0.05) is 0 Å². The zero-order chi connectivity index (χ0) is 17.0. The van der Waals surface area contributed by atoms with E-state index in [2.05, 4.69) is 0 Å². The normalized spacial score (nSPS) is 16.3. The molecule has 0 radical (unpaired) electrons. The first kappa shape index (κ1) is 16.8. The minimum absolute atomic E-state index is 0.00955. The first-order chi connectivity index (χ1) is 11.0. The average molecular weight is 321 g/mol. The molecule has 0 unspecified atom stereocenters. The Labute approximate surface area is 133 Å². The van der Waals surface area contributed by atoms with Gasteiger partial charge in [0.15, 0.2) is 0 Å². The Hall–Kier alpha value is -2.57. The van der Waals surface area contributed by atoms with Crippen LogP contribution >= 0.6 is 0 Å². The molecule has 7 heteroatoms. The van der Waals surface area contributed by atoms with Gasteiger partial charge in [-0.2, -0.15) is 0 Å². The molecule has 0 atom stereocenters. The Kier molecular flexibility index (Phi) is 4.88. The molecule has 7 nitrogen and oxygen atoms in total. The van der Waals surface area contributed by atoms with Crippen molar-refractivity contribution in [2.45, 2.75) is 32.2 Å². The van der Waals surface area contributed by atoms with Crippen LogP contribution in [0.2, 0.25) is 0 Å². The summed E-state index contributed by atoms with van der Waals surface area (Å²) >= 11 is 0. The Morgan fingerprint density at radius 2 is 1.65 bits per heavy atom. The van der Waals surface area contributed by atoms with Gasteiger partial charge in [0.05, 0.1) is 13.2 Å². The first-order valence-electron chi connectivity index (χ1n) is 7.44. The fourth-order valence-corrected chi connectivity index (χ4v) is 2.66. The van der Waals surface area contributed by atoms with Crippen molar-refractivity contribution >= 4 is 23.5 Å². The summed E-state index contributed by atoms with van der Waals surface area (Å²) in [6.07, 6.45) is 0.0167. The number of carbonyl (C=O) groups excluding carboxylic acids is 3. The lowest BCUT2D eigenvalue weighted by atomic mass is 9.95. The van der Waals surface area contributed by atoms with Crippen molar-refractivity contribution in [1.82, 2.24) is 0 Å². The summed E-state index contributed by atoms with van der Waals surface area (Å²) in [5.74, 6) is -1.98. The molecule has 1 aromatic carbocycles. The van der Waals surface area contributed by atoms with Crippen molar-refractivity contribution in [3.8, 4) is 5.75 Å². The zero-order valence-electron chi connectivity index (χ0n) is 13.1. The van der Waals surface area contributed by atoms with Gasteiger partial charge in [-0.25, -0.2) is 9.59 Å². The highest BCUT2D eigenvalue weighted by molar-refractivity contribution is 6.18. The Balaban J connectivity index is 2.53. The van der Waals surface area contributed by atoms with Crippen LogP contribution in [0.25, 0.3) is 0 Å². The molecular weight excluding hydrogens is 302 g/mol. The van der Waals surface area contributed by atoms with E-state index in [1.54, 1.807) is 13.8 Å². The van der Waals surface area contributed by atoms with Gasteiger partial charge in [-0.3, -0.25) is 9.69 Å². The van der Waals surface area contributed by atoms with E-state index < -0.39 is 17.5 Å². The molecule has 1 amide bonds. The quantitative estimate of drug-likeness (QED) is 0.650. The van der Waals surface area contributed by atoms with Crippen molar-refractivity contribution in [2.75, 3.05) is 18.1 Å². The van der Waals surface area contributed by atoms with E-state index in [0.717, 1.165) is 4.90 Å². The number of rotatable bonds is 5. The van der Waals surface area contributed by atoms with E-state index in [1.165, 1.54) is 24.3 Å². The lowest BCUT2D eigenvalue weighted by Gasteiger charge is -2.33. The summed E-state index contributed by atoms with van der Waals surface area (Å²) in [7, 11) is 0. The molecule has 0 aromatic heterocycles. The maximum absolute atomic E-state index is 12.5. The van der Waals surface area contributed by atoms with Crippen LogP contribution in [-0.4, -0.2) is 41.7 Å². The van der Waals surface area contributed by atoms with Crippen molar-refractivity contribution < 1.29 is 29.0 Å². The van der Waals surface area contributed by atoms with Crippen LogP contribution in [0.15, 0.2) is 24.3 Å². The monoisotopic (exact) mass is 321 g/mol. The number of benzene rings is 1. The number of hydrogen-bond acceptors (Lipinski definition) is 6. The van der Waals surface area contributed by atoms with E-state index in [-0.39, 0.29) is 37.7 Å². The molecule has 0 aliphatic carbocycles. The maximum Gasteiger partial charge on any atom is 0.344 e. The summed E-state index contributed by atoms with van der Waals surface area (Å²) in [5.41, 5.74) is -1.49. The summed E-state index contributed by atoms with van der Waals surface area (Å²) in [6, 6.07) is 5.68. The molecule has 0 saturated carbocycles. The zero-order valence-corrected chi connectivity index (χ0v) is 13.1. The predicted octanol–water partition coefficient (Wildman–Crippen LogP) is 1.38. The number of carbonyl (C=O) groups is 3. The number of anilines is 1. The van der Waals surface area contributed by atoms with Gasteiger partial charge in [0.1, 0.15) is 5.75 Å². The number of phenols is 1. The molecule has 1 fully saturated rings. The van der Waals surface area contributed by atoms with E-state index in [0.29, 0.717) is 5.69 Å². The third-order valence-electron chi connectivity index (χ3n) is 3.67. The molecule has 1 heterocycles. The van der Waals surface area contributed by atoms with Gasteiger partial charge in [0, 0.05) is 18.5 Å². The molecule has 1 saturated heterocycles. The Morgan fingerprint density at radius 3 is 2.13 bits per heavy atom. The number of ether oxygens (including phenoxy) is 2. The first-order valence-corrected chi connectivity index (χ1v) is 7.44. The van der Waals surface area contributed by atoms with Crippen LogP contribution in [0.5, 0.6) is 5.75 Å². The highest BCUT2D eigenvalue weighted by atomic mass is 16.6. The number of aromatic hydroxyl groups is 1. The number of nitrogens with zero attached hydrogens (tertiary/aromatic N) is 1. The number of esters is 2. The third kappa shape index (κ3) is 2.86. The van der Waals surface area contributed by atoms with E-state index in [1.807, 2.05) is 0 Å². The molecule has 0 bridgehead atoms. The molecule has 1 aromatic rings. The molecule has 124 valence electrons. The van der Waals surface area contributed by atoms with Gasteiger partial charge in [0.25, 0.3) is 0 Å². The second-order valence-corrected chi connectivity index (χ2v) is 5.05. The van der Waals surface area contributed by atoms with Crippen LogP contribution in [0.3, 0.4) is 0 Å². The molecule has 1 aliphatic rings. The van der Waals surface area contributed by atoms with Crippen LogP contribution in [0.4, 0.5) is 5.69 Å². The van der Waals surface area contributed by atoms with E-state index in [9.17, 15) is 19.5 Å². The fraction of sp³-hybridized carbons (Fsp3) is 0.438. The highest BCUT2D eigenvalue weighted by Gasteiger charge is 2.60. The van der Waals surface area contributed by atoms with Crippen molar-refractivity contribution in [1.29, 1.82) is 0 Å². The van der Waals surface area contributed by atoms with Gasteiger partial charge in [-0.15, -0.1) is 0 Å². The molecular formula is C16H19NO6. The second kappa shape index (κ2) is 6.68. The van der Waals surface area contributed by atoms with E-state index in [4.69, 9.17) is 9.47 Å². The number of amides is 1. The minimum atomic E-state index is -1.82. The van der Waals surface area contributed by atoms with Crippen molar-refractivity contribution in [3.63, 3.8) is 0 Å². The second-order valence-electron chi connectivity index (χ2n) is 5.05.